The van der Waals surface area contributed by atoms with E-state index >= 15 is 0 Å². The maximum Gasteiger partial charge on any atom is 0.328 e. The van der Waals surface area contributed by atoms with Gasteiger partial charge in [-0.05, 0) is 0 Å². The Morgan fingerprint density at radius 2 is 2.45 bits per heavy atom. The van der Waals surface area contributed by atoms with E-state index in [1.807, 2.05) is 0 Å². The van der Waals surface area contributed by atoms with Crippen LogP contribution in [0.15, 0.2) is 0 Å². The maximum atomic E-state index is 10.4. The van der Waals surface area contributed by atoms with E-state index in [4.69, 9.17) is 9.84 Å². The van der Waals surface area contributed by atoms with Gasteiger partial charge in [-0.1, -0.05) is 0 Å². The molecule has 1 saturated heterocycles. The van der Waals surface area contributed by atoms with Gasteiger partial charge in [0.1, 0.15) is 0 Å². The Morgan fingerprint density at radius 1 is 1.73 bits per heavy atom. The van der Waals surface area contributed by atoms with E-state index in [-0.39, 0.29) is 6.61 Å². The highest BCUT2D eigenvalue weighted by atomic mass is 16.5. The van der Waals surface area contributed by atoms with Crippen LogP contribution >= 0.6 is 0 Å². The lowest BCUT2D eigenvalue weighted by atomic mass is 10.2. The molecule has 1 aliphatic heterocycles. The lowest BCUT2D eigenvalue weighted by Gasteiger charge is -2.29. The van der Waals surface area contributed by atoms with Crippen molar-refractivity contribution in [3.05, 3.63) is 0 Å². The molecule has 1 heterocycles. The Bertz CT molecular complexity index is 170. The Labute approximate surface area is 63.5 Å². The fourth-order valence-electron chi connectivity index (χ4n) is 0.956. The molecule has 0 saturated carbocycles. The molecule has 62 valence electrons. The number of hydrogen-bond acceptors (Lipinski definition) is 3. The van der Waals surface area contributed by atoms with Gasteiger partial charge in [0.25, 0.3) is 0 Å². The SMILES string of the molecule is O=CN1CCOCC1C(=O)O. The number of carboxylic acids is 1. The second kappa shape index (κ2) is 3.34. The molecule has 0 aromatic rings. The van der Waals surface area contributed by atoms with Gasteiger partial charge in [-0.25, -0.2) is 4.79 Å². The Morgan fingerprint density at radius 3 is 2.91 bits per heavy atom. The van der Waals surface area contributed by atoms with E-state index in [9.17, 15) is 9.59 Å². The molecule has 1 atom stereocenters. The number of nitrogens with zero attached hydrogens (tertiary/aromatic N) is 1. The van der Waals surface area contributed by atoms with E-state index in [0.717, 1.165) is 0 Å². The van der Waals surface area contributed by atoms with Crippen LogP contribution in [0.25, 0.3) is 0 Å². The number of aliphatic carboxylic acids is 1. The van der Waals surface area contributed by atoms with E-state index in [0.29, 0.717) is 19.6 Å². The molecule has 0 bridgehead atoms. The van der Waals surface area contributed by atoms with Crippen molar-refractivity contribution < 1.29 is 19.4 Å². The van der Waals surface area contributed by atoms with Crippen molar-refractivity contribution in [1.29, 1.82) is 0 Å². The first-order valence-corrected chi connectivity index (χ1v) is 3.27. The van der Waals surface area contributed by atoms with Crippen LogP contribution in [-0.2, 0) is 14.3 Å². The van der Waals surface area contributed by atoms with Gasteiger partial charge in [0.15, 0.2) is 6.04 Å². The minimum Gasteiger partial charge on any atom is -0.480 e. The highest BCUT2D eigenvalue weighted by molar-refractivity contribution is 5.76. The summed E-state index contributed by atoms with van der Waals surface area (Å²) in [5, 5.41) is 8.56. The minimum absolute atomic E-state index is 0.0913. The first kappa shape index (κ1) is 8.00. The van der Waals surface area contributed by atoms with Crippen LogP contribution in [0.3, 0.4) is 0 Å². The molecule has 5 nitrogen and oxygen atoms in total. The van der Waals surface area contributed by atoms with Crippen molar-refractivity contribution in [3.63, 3.8) is 0 Å². The average Bonchev–Trinajstić information content (AvgIpc) is 2.04. The van der Waals surface area contributed by atoms with Crippen molar-refractivity contribution in [1.82, 2.24) is 4.90 Å². The molecule has 1 N–H and O–H groups in total. The third-order valence-corrected chi connectivity index (χ3v) is 1.59. The van der Waals surface area contributed by atoms with E-state index in [1.54, 1.807) is 0 Å². The van der Waals surface area contributed by atoms with Crippen LogP contribution < -0.4 is 0 Å². The van der Waals surface area contributed by atoms with Crippen LogP contribution in [-0.4, -0.2) is 48.2 Å². The Kier molecular flexibility index (Phi) is 2.43. The van der Waals surface area contributed by atoms with Gasteiger partial charge in [-0.15, -0.1) is 0 Å². The van der Waals surface area contributed by atoms with E-state index < -0.39 is 12.0 Å². The predicted molar refractivity (Wildman–Crippen MR) is 35.0 cm³/mol. The molecule has 11 heavy (non-hydrogen) atoms. The zero-order valence-corrected chi connectivity index (χ0v) is 5.90. The van der Waals surface area contributed by atoms with Crippen LogP contribution in [0.4, 0.5) is 0 Å². The molecule has 1 fully saturated rings. The third-order valence-electron chi connectivity index (χ3n) is 1.59. The zero-order chi connectivity index (χ0) is 8.27. The first-order valence-electron chi connectivity index (χ1n) is 3.27. The molecule has 1 unspecified atom stereocenters. The molecule has 0 spiro atoms. The molecule has 0 aliphatic carbocycles. The maximum absolute atomic E-state index is 10.4. The standard InChI is InChI=1S/C6H9NO4/c8-4-7-1-2-11-3-5(7)6(9)10/h4-5H,1-3H2,(H,9,10). The number of carbonyl (C=O) groups is 2. The largest absolute Gasteiger partial charge is 0.480 e. The van der Waals surface area contributed by atoms with Crippen LogP contribution in [0.5, 0.6) is 0 Å². The summed E-state index contributed by atoms with van der Waals surface area (Å²) in [5.74, 6) is -1.02. The smallest absolute Gasteiger partial charge is 0.328 e. The van der Waals surface area contributed by atoms with Crippen molar-refractivity contribution in [3.8, 4) is 0 Å². The van der Waals surface area contributed by atoms with Crippen molar-refractivity contribution in [2.24, 2.45) is 0 Å². The number of carboxylic acid groups (broad SMARTS) is 1. The van der Waals surface area contributed by atoms with Crippen LogP contribution in [0.1, 0.15) is 0 Å². The first-order chi connectivity index (χ1) is 5.25. The Hall–Kier alpha value is -1.10. The molecule has 1 amide bonds. The van der Waals surface area contributed by atoms with E-state index in [2.05, 4.69) is 0 Å². The van der Waals surface area contributed by atoms with Gasteiger partial charge in [-0.3, -0.25) is 4.79 Å². The quantitative estimate of drug-likeness (QED) is 0.521. The molecule has 1 rings (SSSR count). The molecule has 0 aromatic heterocycles. The second-order valence-electron chi connectivity index (χ2n) is 2.27. The molecule has 0 radical (unpaired) electrons. The average molecular weight is 159 g/mol. The predicted octanol–water partition coefficient (Wildman–Crippen LogP) is -1.07. The van der Waals surface area contributed by atoms with Gasteiger partial charge in [-0.2, -0.15) is 0 Å². The summed E-state index contributed by atoms with van der Waals surface area (Å²) >= 11 is 0. The Balaban J connectivity index is 2.58. The van der Waals surface area contributed by atoms with Crippen molar-refractivity contribution in [2.75, 3.05) is 19.8 Å². The molecule has 0 aromatic carbocycles. The van der Waals surface area contributed by atoms with E-state index in [1.165, 1.54) is 4.90 Å². The summed E-state index contributed by atoms with van der Waals surface area (Å²) in [6.07, 6.45) is 0.543. The van der Waals surface area contributed by atoms with Gasteiger partial charge < -0.3 is 14.7 Å². The monoisotopic (exact) mass is 159 g/mol. The summed E-state index contributed by atoms with van der Waals surface area (Å²) in [5.41, 5.74) is 0. The van der Waals surface area contributed by atoms with Gasteiger partial charge in [0, 0.05) is 6.54 Å². The molecule has 1 aliphatic rings. The summed E-state index contributed by atoms with van der Waals surface area (Å²) in [4.78, 5) is 22.0. The normalized spacial score (nSPS) is 24.7. The number of rotatable bonds is 2. The number of amides is 1. The van der Waals surface area contributed by atoms with Crippen molar-refractivity contribution >= 4 is 12.4 Å². The molecular formula is C6H9NO4. The summed E-state index contributed by atoms with van der Waals surface area (Å²) in [7, 11) is 0. The molecular weight excluding hydrogens is 150 g/mol. The number of ether oxygens (including phenoxy) is 1. The van der Waals surface area contributed by atoms with Crippen molar-refractivity contribution in [2.45, 2.75) is 6.04 Å². The minimum atomic E-state index is -1.02. The number of morpholine rings is 1. The highest BCUT2D eigenvalue weighted by Gasteiger charge is 2.27. The fraction of sp³-hybridized carbons (Fsp3) is 0.667. The van der Waals surface area contributed by atoms with Crippen LogP contribution in [0, 0.1) is 0 Å². The summed E-state index contributed by atoms with van der Waals surface area (Å²) in [6, 6.07) is -0.804. The number of hydrogen-bond donors (Lipinski definition) is 1. The highest BCUT2D eigenvalue weighted by Crippen LogP contribution is 2.03. The summed E-state index contributed by atoms with van der Waals surface area (Å²) < 4.78 is 4.89. The fourth-order valence-corrected chi connectivity index (χ4v) is 0.956. The third kappa shape index (κ3) is 1.68. The van der Waals surface area contributed by atoms with Crippen LogP contribution in [0.2, 0.25) is 0 Å². The van der Waals surface area contributed by atoms with Gasteiger partial charge >= 0.3 is 5.97 Å². The number of carbonyl (C=O) groups excluding carboxylic acids is 1. The topological polar surface area (TPSA) is 66.8 Å². The summed E-state index contributed by atoms with van der Waals surface area (Å²) in [6.45, 7) is 0.872. The zero-order valence-electron chi connectivity index (χ0n) is 5.90. The molecule has 5 heteroatoms. The lowest BCUT2D eigenvalue weighted by Crippen LogP contribution is -2.49. The van der Waals surface area contributed by atoms with Gasteiger partial charge in [0.2, 0.25) is 6.41 Å². The second-order valence-corrected chi connectivity index (χ2v) is 2.27. The lowest BCUT2D eigenvalue weighted by molar-refractivity contribution is -0.153. The van der Waals surface area contributed by atoms with Gasteiger partial charge in [0.05, 0.1) is 13.2 Å².